The molecule has 0 amide bonds. The molecular weight excluding hydrogens is 216 g/mol. The van der Waals surface area contributed by atoms with Gasteiger partial charge in [-0.15, -0.1) is 0 Å². The first-order chi connectivity index (χ1) is 8.24. The molecule has 1 N–H and O–H groups in total. The molecular formula is C13H20N2O2. The van der Waals surface area contributed by atoms with Gasteiger partial charge in [-0.2, -0.15) is 5.10 Å². The molecule has 2 unspecified atom stereocenters. The summed E-state index contributed by atoms with van der Waals surface area (Å²) in [5.74, 6) is -0.731. The number of aryl methyl sites for hydroxylation is 1. The molecule has 0 aliphatic heterocycles. The van der Waals surface area contributed by atoms with Gasteiger partial charge in [-0.05, 0) is 25.3 Å². The third-order valence-electron chi connectivity index (χ3n) is 3.65. The van der Waals surface area contributed by atoms with Crippen LogP contribution >= 0.6 is 0 Å². The van der Waals surface area contributed by atoms with Gasteiger partial charge in [-0.1, -0.05) is 19.8 Å². The second-order valence-electron chi connectivity index (χ2n) is 4.81. The van der Waals surface area contributed by atoms with Crippen molar-refractivity contribution < 1.29 is 9.90 Å². The summed E-state index contributed by atoms with van der Waals surface area (Å²) in [7, 11) is 0. The molecule has 0 saturated heterocycles. The van der Waals surface area contributed by atoms with Crippen LogP contribution in [-0.2, 0) is 11.3 Å². The quantitative estimate of drug-likeness (QED) is 0.874. The van der Waals surface area contributed by atoms with Crippen molar-refractivity contribution in [2.24, 2.45) is 5.92 Å². The second kappa shape index (κ2) is 5.34. The van der Waals surface area contributed by atoms with Crippen LogP contribution in [0.5, 0.6) is 0 Å². The normalized spacial score (nSPS) is 24.8. The second-order valence-corrected chi connectivity index (χ2v) is 4.81. The number of carbonyl (C=O) groups is 1. The summed E-state index contributed by atoms with van der Waals surface area (Å²) < 4.78 is 1.98. The first-order valence-corrected chi connectivity index (χ1v) is 6.48. The van der Waals surface area contributed by atoms with E-state index in [2.05, 4.69) is 12.0 Å². The van der Waals surface area contributed by atoms with Crippen molar-refractivity contribution in [2.75, 3.05) is 0 Å². The van der Waals surface area contributed by atoms with Crippen LogP contribution in [0, 0.1) is 5.92 Å². The Hall–Kier alpha value is -1.32. The van der Waals surface area contributed by atoms with Crippen LogP contribution in [0.2, 0.25) is 0 Å². The van der Waals surface area contributed by atoms with E-state index in [1.807, 2.05) is 10.7 Å². The fraction of sp³-hybridized carbons (Fsp3) is 0.692. The maximum Gasteiger partial charge on any atom is 0.307 e. The molecule has 1 fully saturated rings. The Morgan fingerprint density at radius 3 is 3.00 bits per heavy atom. The van der Waals surface area contributed by atoms with Gasteiger partial charge in [0.1, 0.15) is 0 Å². The molecule has 2 rings (SSSR count). The van der Waals surface area contributed by atoms with Crippen LogP contribution in [0.25, 0.3) is 0 Å². The summed E-state index contributed by atoms with van der Waals surface area (Å²) in [6.07, 6.45) is 6.77. The molecule has 2 atom stereocenters. The van der Waals surface area contributed by atoms with Crippen LogP contribution in [0.15, 0.2) is 12.3 Å². The van der Waals surface area contributed by atoms with Gasteiger partial charge in [0.15, 0.2) is 0 Å². The van der Waals surface area contributed by atoms with Crippen molar-refractivity contribution in [3.05, 3.63) is 18.0 Å². The van der Waals surface area contributed by atoms with E-state index in [-0.39, 0.29) is 11.8 Å². The van der Waals surface area contributed by atoms with E-state index in [9.17, 15) is 9.90 Å². The number of hydrogen-bond donors (Lipinski definition) is 1. The minimum absolute atomic E-state index is 0.148. The Morgan fingerprint density at radius 1 is 1.53 bits per heavy atom. The van der Waals surface area contributed by atoms with Gasteiger partial charge in [-0.3, -0.25) is 9.48 Å². The summed E-state index contributed by atoms with van der Waals surface area (Å²) in [5.41, 5.74) is 1.11. The van der Waals surface area contributed by atoms with E-state index >= 15 is 0 Å². The molecule has 4 heteroatoms. The fourth-order valence-corrected chi connectivity index (χ4v) is 2.84. The highest BCUT2D eigenvalue weighted by Crippen LogP contribution is 2.37. The van der Waals surface area contributed by atoms with Crippen LogP contribution in [0.1, 0.15) is 50.6 Å². The Morgan fingerprint density at radius 2 is 2.29 bits per heavy atom. The minimum atomic E-state index is -0.654. The molecule has 0 aromatic carbocycles. The van der Waals surface area contributed by atoms with E-state index in [4.69, 9.17) is 0 Å². The third kappa shape index (κ3) is 2.51. The number of rotatable bonds is 4. The monoisotopic (exact) mass is 236 g/mol. The van der Waals surface area contributed by atoms with Crippen molar-refractivity contribution in [3.8, 4) is 0 Å². The largest absolute Gasteiger partial charge is 0.481 e. The highest BCUT2D eigenvalue weighted by Gasteiger charge is 2.33. The van der Waals surface area contributed by atoms with Crippen LogP contribution in [0.4, 0.5) is 0 Å². The SMILES string of the molecule is CCCn1nccc1C1CCCCC1C(=O)O. The lowest BCUT2D eigenvalue weighted by Crippen LogP contribution is -2.27. The van der Waals surface area contributed by atoms with Crippen LogP contribution < -0.4 is 0 Å². The summed E-state index contributed by atoms with van der Waals surface area (Å²) in [4.78, 5) is 11.3. The van der Waals surface area contributed by atoms with Gasteiger partial charge >= 0.3 is 5.97 Å². The zero-order chi connectivity index (χ0) is 12.3. The average Bonchev–Trinajstić information content (AvgIpc) is 2.77. The molecule has 1 heterocycles. The molecule has 0 spiro atoms. The standard InChI is InChI=1S/C13H20N2O2/c1-2-9-15-12(7-8-14-15)10-5-3-4-6-11(10)13(16)17/h7-8,10-11H,2-6,9H2,1H3,(H,16,17). The number of carboxylic acids is 1. The molecule has 0 radical (unpaired) electrons. The molecule has 1 aliphatic rings. The van der Waals surface area contributed by atoms with Crippen molar-refractivity contribution >= 4 is 5.97 Å². The molecule has 1 aromatic heterocycles. The number of nitrogens with zero attached hydrogens (tertiary/aromatic N) is 2. The summed E-state index contributed by atoms with van der Waals surface area (Å²) in [6.45, 7) is 2.99. The maximum atomic E-state index is 11.3. The lowest BCUT2D eigenvalue weighted by atomic mass is 9.77. The molecule has 1 aromatic rings. The Kier molecular flexibility index (Phi) is 3.82. The van der Waals surface area contributed by atoms with Gasteiger partial charge in [0.2, 0.25) is 0 Å². The first-order valence-electron chi connectivity index (χ1n) is 6.48. The zero-order valence-electron chi connectivity index (χ0n) is 10.3. The third-order valence-corrected chi connectivity index (χ3v) is 3.65. The van der Waals surface area contributed by atoms with E-state index in [0.717, 1.165) is 44.3 Å². The van der Waals surface area contributed by atoms with Gasteiger partial charge in [0.25, 0.3) is 0 Å². The van der Waals surface area contributed by atoms with Crippen molar-refractivity contribution in [2.45, 2.75) is 51.5 Å². The van der Waals surface area contributed by atoms with E-state index in [1.165, 1.54) is 0 Å². The number of aliphatic carboxylic acids is 1. The van der Waals surface area contributed by atoms with Gasteiger partial charge in [0, 0.05) is 24.4 Å². The molecule has 1 aliphatic carbocycles. The summed E-state index contributed by atoms with van der Waals surface area (Å²) in [5, 5.41) is 13.6. The summed E-state index contributed by atoms with van der Waals surface area (Å²) >= 11 is 0. The number of aromatic nitrogens is 2. The van der Waals surface area contributed by atoms with Crippen molar-refractivity contribution in [1.82, 2.24) is 9.78 Å². The first kappa shape index (κ1) is 12.1. The predicted molar refractivity (Wildman–Crippen MR) is 64.9 cm³/mol. The Labute approximate surface area is 102 Å². The van der Waals surface area contributed by atoms with Gasteiger partial charge in [-0.25, -0.2) is 0 Å². The zero-order valence-corrected chi connectivity index (χ0v) is 10.3. The van der Waals surface area contributed by atoms with Gasteiger partial charge in [0.05, 0.1) is 5.92 Å². The maximum absolute atomic E-state index is 11.3. The smallest absolute Gasteiger partial charge is 0.307 e. The molecule has 94 valence electrons. The van der Waals surface area contributed by atoms with Crippen molar-refractivity contribution in [3.63, 3.8) is 0 Å². The van der Waals surface area contributed by atoms with Crippen molar-refractivity contribution in [1.29, 1.82) is 0 Å². The molecule has 0 bridgehead atoms. The topological polar surface area (TPSA) is 55.1 Å². The van der Waals surface area contributed by atoms with E-state index in [0.29, 0.717) is 0 Å². The minimum Gasteiger partial charge on any atom is -0.481 e. The van der Waals surface area contributed by atoms with E-state index in [1.54, 1.807) is 6.20 Å². The molecule has 1 saturated carbocycles. The highest BCUT2D eigenvalue weighted by molar-refractivity contribution is 5.71. The predicted octanol–water partition coefficient (Wildman–Crippen LogP) is 2.65. The Bertz CT molecular complexity index is 387. The number of carboxylic acid groups (broad SMARTS) is 1. The lowest BCUT2D eigenvalue weighted by molar-refractivity contribution is -0.143. The molecule has 4 nitrogen and oxygen atoms in total. The highest BCUT2D eigenvalue weighted by atomic mass is 16.4. The Balaban J connectivity index is 2.23. The average molecular weight is 236 g/mol. The lowest BCUT2D eigenvalue weighted by Gasteiger charge is -2.29. The van der Waals surface area contributed by atoms with Gasteiger partial charge < -0.3 is 5.11 Å². The number of hydrogen-bond acceptors (Lipinski definition) is 2. The van der Waals surface area contributed by atoms with Crippen LogP contribution in [0.3, 0.4) is 0 Å². The fourth-order valence-electron chi connectivity index (χ4n) is 2.84. The van der Waals surface area contributed by atoms with E-state index < -0.39 is 5.97 Å². The van der Waals surface area contributed by atoms with Crippen LogP contribution in [-0.4, -0.2) is 20.9 Å². The molecule has 17 heavy (non-hydrogen) atoms. The summed E-state index contributed by atoms with van der Waals surface area (Å²) in [6, 6.07) is 1.99.